The number of hydrogen-bond acceptors (Lipinski definition) is 3. The zero-order chi connectivity index (χ0) is 22.0. The number of fused-ring (bicyclic) bond motifs is 1. The van der Waals surface area contributed by atoms with Gasteiger partial charge in [0.05, 0.1) is 0 Å². The molecule has 1 N–H and O–H groups in total. The monoisotopic (exact) mass is 437 g/mol. The number of nitrogens with zero attached hydrogens (tertiary/aromatic N) is 2. The van der Waals surface area contributed by atoms with Gasteiger partial charge in [-0.15, -0.1) is 0 Å². The molecule has 2 amide bonds. The van der Waals surface area contributed by atoms with Crippen molar-refractivity contribution in [3.8, 4) is 0 Å². The SMILES string of the molecule is Cc1ccc(Cl)cc1C(=O)Nc1cccc2c(=O)n(CCCN3CCCC3=O)ccc12. The quantitative estimate of drug-likeness (QED) is 0.627. The van der Waals surface area contributed by atoms with Crippen molar-refractivity contribution in [2.45, 2.75) is 32.7 Å². The molecule has 0 atom stereocenters. The fourth-order valence-corrected chi connectivity index (χ4v) is 4.18. The first-order valence-electron chi connectivity index (χ1n) is 10.4. The fourth-order valence-electron chi connectivity index (χ4n) is 4.00. The van der Waals surface area contributed by atoms with E-state index in [4.69, 9.17) is 11.6 Å². The molecule has 1 aromatic heterocycles. The summed E-state index contributed by atoms with van der Waals surface area (Å²) < 4.78 is 1.66. The highest BCUT2D eigenvalue weighted by molar-refractivity contribution is 6.31. The van der Waals surface area contributed by atoms with Crippen LogP contribution in [-0.2, 0) is 11.3 Å². The van der Waals surface area contributed by atoms with Crippen LogP contribution in [0.1, 0.15) is 35.2 Å². The summed E-state index contributed by atoms with van der Waals surface area (Å²) in [4.78, 5) is 39.4. The minimum Gasteiger partial charge on any atom is -0.343 e. The Morgan fingerprint density at radius 2 is 1.94 bits per heavy atom. The number of halogens is 1. The average Bonchev–Trinajstić information content (AvgIpc) is 3.16. The molecule has 1 saturated heterocycles. The zero-order valence-corrected chi connectivity index (χ0v) is 18.1. The first-order valence-corrected chi connectivity index (χ1v) is 10.8. The molecule has 6 nitrogen and oxygen atoms in total. The number of carbonyl (C=O) groups excluding carboxylic acids is 2. The van der Waals surface area contributed by atoms with Gasteiger partial charge in [-0.05, 0) is 55.7 Å². The third-order valence-corrected chi connectivity index (χ3v) is 5.94. The van der Waals surface area contributed by atoms with Crippen molar-refractivity contribution < 1.29 is 9.59 Å². The molecule has 31 heavy (non-hydrogen) atoms. The standard InChI is InChI=1S/C24H24ClN3O3/c1-16-8-9-17(25)15-20(16)23(30)26-21-6-2-5-19-18(21)10-14-28(24(19)31)13-4-12-27-11-3-7-22(27)29/h2,5-6,8-10,14-15H,3-4,7,11-13H2,1H3,(H,26,30). The summed E-state index contributed by atoms with van der Waals surface area (Å²) in [6.07, 6.45) is 4.01. The summed E-state index contributed by atoms with van der Waals surface area (Å²) >= 11 is 6.04. The Balaban J connectivity index is 1.54. The van der Waals surface area contributed by atoms with E-state index in [9.17, 15) is 14.4 Å². The second-order valence-electron chi connectivity index (χ2n) is 7.83. The van der Waals surface area contributed by atoms with Crippen LogP contribution in [0.5, 0.6) is 0 Å². The van der Waals surface area contributed by atoms with Crippen molar-refractivity contribution in [3.05, 3.63) is 75.2 Å². The van der Waals surface area contributed by atoms with Crippen LogP contribution in [0.3, 0.4) is 0 Å². The van der Waals surface area contributed by atoms with Crippen LogP contribution in [-0.4, -0.2) is 34.4 Å². The lowest BCUT2D eigenvalue weighted by Crippen LogP contribution is -2.28. The van der Waals surface area contributed by atoms with Gasteiger partial charge in [-0.25, -0.2) is 0 Å². The fraction of sp³-hybridized carbons (Fsp3) is 0.292. The number of rotatable bonds is 6. The van der Waals surface area contributed by atoms with Gasteiger partial charge in [0.1, 0.15) is 0 Å². The predicted molar refractivity (Wildman–Crippen MR) is 123 cm³/mol. The van der Waals surface area contributed by atoms with E-state index < -0.39 is 0 Å². The van der Waals surface area contributed by atoms with Gasteiger partial charge in [0, 0.05) is 59.3 Å². The Hall–Kier alpha value is -3.12. The number of pyridine rings is 1. The number of nitrogens with one attached hydrogen (secondary N) is 1. The Bertz CT molecular complexity index is 1220. The first-order chi connectivity index (χ1) is 14.9. The van der Waals surface area contributed by atoms with Crippen molar-refractivity contribution in [1.82, 2.24) is 9.47 Å². The lowest BCUT2D eigenvalue weighted by Gasteiger charge is -2.16. The molecule has 7 heteroatoms. The molecule has 0 bridgehead atoms. The van der Waals surface area contributed by atoms with Gasteiger partial charge in [0.15, 0.2) is 0 Å². The highest BCUT2D eigenvalue weighted by Gasteiger charge is 2.19. The van der Waals surface area contributed by atoms with Crippen molar-refractivity contribution in [2.24, 2.45) is 0 Å². The zero-order valence-electron chi connectivity index (χ0n) is 17.4. The van der Waals surface area contributed by atoms with E-state index in [1.807, 2.05) is 17.9 Å². The van der Waals surface area contributed by atoms with Gasteiger partial charge in [-0.1, -0.05) is 23.7 Å². The molecule has 1 fully saturated rings. The van der Waals surface area contributed by atoms with E-state index in [-0.39, 0.29) is 17.4 Å². The lowest BCUT2D eigenvalue weighted by atomic mass is 10.1. The molecule has 0 radical (unpaired) electrons. The molecular formula is C24H24ClN3O3. The highest BCUT2D eigenvalue weighted by atomic mass is 35.5. The Labute approximate surface area is 185 Å². The van der Waals surface area contributed by atoms with Crippen LogP contribution < -0.4 is 10.9 Å². The van der Waals surface area contributed by atoms with Gasteiger partial charge in [-0.3, -0.25) is 14.4 Å². The Morgan fingerprint density at radius 3 is 2.71 bits per heavy atom. The normalized spacial score (nSPS) is 13.7. The highest BCUT2D eigenvalue weighted by Crippen LogP contribution is 2.23. The number of aromatic nitrogens is 1. The molecule has 0 unspecified atom stereocenters. The van der Waals surface area contributed by atoms with Gasteiger partial charge in [-0.2, -0.15) is 0 Å². The first kappa shape index (κ1) is 21.1. The van der Waals surface area contributed by atoms with E-state index in [1.165, 1.54) is 0 Å². The summed E-state index contributed by atoms with van der Waals surface area (Å²) in [6.45, 7) is 3.86. The summed E-state index contributed by atoms with van der Waals surface area (Å²) in [7, 11) is 0. The van der Waals surface area contributed by atoms with E-state index in [1.54, 1.807) is 47.2 Å². The van der Waals surface area contributed by atoms with Crippen LogP contribution in [0.15, 0.2) is 53.5 Å². The molecule has 1 aliphatic heterocycles. The molecule has 2 heterocycles. The number of aryl methyl sites for hydroxylation is 2. The topological polar surface area (TPSA) is 71.4 Å². The second kappa shape index (κ2) is 8.94. The van der Waals surface area contributed by atoms with E-state index >= 15 is 0 Å². The minimum atomic E-state index is -0.271. The molecule has 1 aliphatic rings. The number of benzene rings is 2. The maximum absolute atomic E-state index is 13.0. The summed E-state index contributed by atoms with van der Waals surface area (Å²) in [6, 6.07) is 12.3. The molecule has 4 rings (SSSR count). The average molecular weight is 438 g/mol. The molecule has 3 aromatic rings. The van der Waals surface area contributed by atoms with Crippen molar-refractivity contribution in [1.29, 1.82) is 0 Å². The summed E-state index contributed by atoms with van der Waals surface area (Å²) in [5.74, 6) is -0.0758. The van der Waals surface area contributed by atoms with Gasteiger partial charge < -0.3 is 14.8 Å². The van der Waals surface area contributed by atoms with Crippen LogP contribution in [0.4, 0.5) is 5.69 Å². The summed E-state index contributed by atoms with van der Waals surface area (Å²) in [5, 5.41) is 4.63. The molecule has 160 valence electrons. The van der Waals surface area contributed by atoms with Gasteiger partial charge in [0.25, 0.3) is 11.5 Å². The van der Waals surface area contributed by atoms with Crippen molar-refractivity contribution >= 4 is 39.9 Å². The maximum atomic E-state index is 13.0. The lowest BCUT2D eigenvalue weighted by molar-refractivity contribution is -0.127. The van der Waals surface area contributed by atoms with E-state index in [2.05, 4.69) is 5.32 Å². The predicted octanol–water partition coefficient (Wildman–Crippen LogP) is 4.23. The molecule has 0 aliphatic carbocycles. The molecular weight excluding hydrogens is 414 g/mol. The van der Waals surface area contributed by atoms with Gasteiger partial charge >= 0.3 is 0 Å². The Kier molecular flexibility index (Phi) is 6.09. The van der Waals surface area contributed by atoms with Crippen molar-refractivity contribution in [3.63, 3.8) is 0 Å². The van der Waals surface area contributed by atoms with E-state index in [0.717, 1.165) is 24.9 Å². The molecule has 2 aromatic carbocycles. The third-order valence-electron chi connectivity index (χ3n) is 5.71. The largest absolute Gasteiger partial charge is 0.343 e. The second-order valence-corrected chi connectivity index (χ2v) is 8.27. The Morgan fingerprint density at radius 1 is 1.10 bits per heavy atom. The van der Waals surface area contributed by atoms with Crippen LogP contribution in [0, 0.1) is 6.92 Å². The third kappa shape index (κ3) is 4.49. The number of carbonyl (C=O) groups is 2. The van der Waals surface area contributed by atoms with Gasteiger partial charge in [0.2, 0.25) is 5.91 Å². The molecule has 0 spiro atoms. The summed E-state index contributed by atoms with van der Waals surface area (Å²) in [5.41, 5.74) is 1.78. The molecule has 0 saturated carbocycles. The number of anilines is 1. The van der Waals surface area contributed by atoms with E-state index in [0.29, 0.717) is 46.6 Å². The number of likely N-dealkylation sites (tertiary alicyclic amines) is 1. The smallest absolute Gasteiger partial charge is 0.258 e. The number of hydrogen-bond donors (Lipinski definition) is 1. The van der Waals surface area contributed by atoms with Crippen LogP contribution in [0.25, 0.3) is 10.8 Å². The van der Waals surface area contributed by atoms with Crippen LogP contribution in [0.2, 0.25) is 5.02 Å². The minimum absolute atomic E-state index is 0.111. The van der Waals surface area contributed by atoms with Crippen LogP contribution >= 0.6 is 11.6 Å². The maximum Gasteiger partial charge on any atom is 0.258 e. The number of amides is 2. The van der Waals surface area contributed by atoms with Crippen molar-refractivity contribution in [2.75, 3.05) is 18.4 Å².